The molecule has 112 valence electrons. The maximum absolute atomic E-state index is 11.9. The summed E-state index contributed by atoms with van der Waals surface area (Å²) in [6.07, 6.45) is -0.330. The molecule has 0 aromatic carbocycles. The van der Waals surface area contributed by atoms with E-state index in [0.717, 1.165) is 13.1 Å². The highest BCUT2D eigenvalue weighted by Crippen LogP contribution is 2.09. The molecule has 1 N–H and O–H groups in total. The normalized spacial score (nSPS) is 18.9. The largest absolute Gasteiger partial charge is 0.481 e. The summed E-state index contributed by atoms with van der Waals surface area (Å²) < 4.78 is 25.2. The Morgan fingerprint density at radius 2 is 1.79 bits per heavy atom. The smallest absolute Gasteiger partial charge is 0.304 e. The van der Waals surface area contributed by atoms with E-state index in [0.29, 0.717) is 26.2 Å². The fourth-order valence-electron chi connectivity index (χ4n) is 1.92. The van der Waals surface area contributed by atoms with Gasteiger partial charge in [0, 0.05) is 39.3 Å². The molecule has 0 saturated carbocycles. The van der Waals surface area contributed by atoms with E-state index in [-0.39, 0.29) is 12.2 Å². The van der Waals surface area contributed by atoms with Gasteiger partial charge in [-0.3, -0.25) is 9.69 Å². The summed E-state index contributed by atoms with van der Waals surface area (Å²) in [4.78, 5) is 14.8. The highest BCUT2D eigenvalue weighted by atomic mass is 32.2. The van der Waals surface area contributed by atoms with Gasteiger partial charge in [0.1, 0.15) is 0 Å². The number of hydrogen-bond acceptors (Lipinski definition) is 5. The van der Waals surface area contributed by atoms with Crippen molar-refractivity contribution in [1.29, 1.82) is 0 Å². The van der Waals surface area contributed by atoms with Gasteiger partial charge in [-0.1, -0.05) is 0 Å². The number of likely N-dealkylation sites (N-methyl/N-ethyl adjacent to an activating group) is 1. The van der Waals surface area contributed by atoms with Crippen LogP contribution >= 0.6 is 0 Å². The van der Waals surface area contributed by atoms with E-state index in [2.05, 4.69) is 9.80 Å². The molecule has 0 amide bonds. The van der Waals surface area contributed by atoms with Gasteiger partial charge < -0.3 is 10.0 Å². The average molecular weight is 293 g/mol. The highest BCUT2D eigenvalue weighted by molar-refractivity contribution is 7.89. The highest BCUT2D eigenvalue weighted by Gasteiger charge is 2.27. The van der Waals surface area contributed by atoms with Gasteiger partial charge in [0.25, 0.3) is 0 Å². The monoisotopic (exact) mass is 293 g/mol. The number of carboxylic acids is 1. The summed E-state index contributed by atoms with van der Waals surface area (Å²) in [5, 5.41) is 8.54. The van der Waals surface area contributed by atoms with Crippen LogP contribution in [0.3, 0.4) is 0 Å². The molecule has 0 atom stereocenters. The van der Waals surface area contributed by atoms with Crippen LogP contribution in [0.2, 0.25) is 0 Å². The van der Waals surface area contributed by atoms with Gasteiger partial charge >= 0.3 is 5.97 Å². The first-order valence-electron chi connectivity index (χ1n) is 6.38. The van der Waals surface area contributed by atoms with Crippen LogP contribution in [0.5, 0.6) is 0 Å². The Kier molecular flexibility index (Phi) is 6.18. The molecule has 0 aliphatic carbocycles. The minimum Gasteiger partial charge on any atom is -0.481 e. The maximum atomic E-state index is 11.9. The van der Waals surface area contributed by atoms with Gasteiger partial charge in [-0.25, -0.2) is 8.42 Å². The Hall–Kier alpha value is -0.700. The summed E-state index contributed by atoms with van der Waals surface area (Å²) in [6, 6.07) is 0. The second kappa shape index (κ2) is 7.18. The van der Waals surface area contributed by atoms with Crippen LogP contribution in [0.1, 0.15) is 6.42 Å². The Bertz CT molecular complexity index is 389. The third-order valence-electron chi connectivity index (χ3n) is 3.16. The van der Waals surface area contributed by atoms with Crippen LogP contribution < -0.4 is 0 Å². The zero-order chi connectivity index (χ0) is 14.5. The standard InChI is InChI=1S/C11H23N3O4S/c1-12(2)4-5-13-6-8-14(9-7-13)19(17,18)10-3-11(15)16/h3-10H2,1-2H3,(H,15,16). The molecule has 1 aliphatic rings. The van der Waals surface area contributed by atoms with Crippen LogP contribution in [0.25, 0.3) is 0 Å². The van der Waals surface area contributed by atoms with E-state index in [1.165, 1.54) is 4.31 Å². The number of aliphatic carboxylic acids is 1. The summed E-state index contributed by atoms with van der Waals surface area (Å²) >= 11 is 0. The first kappa shape index (κ1) is 16.4. The molecule has 0 radical (unpaired) electrons. The third-order valence-corrected chi connectivity index (χ3v) is 5.03. The maximum Gasteiger partial charge on any atom is 0.304 e. The second-order valence-corrected chi connectivity index (χ2v) is 7.09. The zero-order valence-corrected chi connectivity index (χ0v) is 12.4. The molecule has 1 rings (SSSR count). The second-order valence-electron chi connectivity index (χ2n) is 5.00. The van der Waals surface area contributed by atoms with Gasteiger partial charge in [0.05, 0.1) is 12.2 Å². The molecule has 8 heteroatoms. The summed E-state index contributed by atoms with van der Waals surface area (Å²) in [5.74, 6) is -1.38. The molecular weight excluding hydrogens is 270 g/mol. The van der Waals surface area contributed by atoms with E-state index in [1.54, 1.807) is 0 Å². The van der Waals surface area contributed by atoms with Crippen molar-refractivity contribution in [2.75, 3.05) is 59.1 Å². The van der Waals surface area contributed by atoms with Crippen molar-refractivity contribution in [1.82, 2.24) is 14.1 Å². The summed E-state index contributed by atoms with van der Waals surface area (Å²) in [5.41, 5.74) is 0. The van der Waals surface area contributed by atoms with Crippen LogP contribution in [0.4, 0.5) is 0 Å². The molecule has 0 unspecified atom stereocenters. The first-order valence-corrected chi connectivity index (χ1v) is 7.99. The summed E-state index contributed by atoms with van der Waals surface area (Å²) in [6.45, 7) is 4.20. The molecule has 1 aliphatic heterocycles. The van der Waals surface area contributed by atoms with Gasteiger partial charge in [-0.2, -0.15) is 4.31 Å². The van der Waals surface area contributed by atoms with E-state index in [1.807, 2.05) is 14.1 Å². The lowest BCUT2D eigenvalue weighted by Crippen LogP contribution is -2.50. The van der Waals surface area contributed by atoms with Crippen LogP contribution in [0, 0.1) is 0 Å². The molecule has 7 nitrogen and oxygen atoms in total. The number of carboxylic acid groups (broad SMARTS) is 1. The van der Waals surface area contributed by atoms with Crippen molar-refractivity contribution in [2.45, 2.75) is 6.42 Å². The van der Waals surface area contributed by atoms with Crippen LogP contribution in [0.15, 0.2) is 0 Å². The summed E-state index contributed by atoms with van der Waals surface area (Å²) in [7, 11) is 0.595. The SMILES string of the molecule is CN(C)CCN1CCN(S(=O)(=O)CCC(=O)O)CC1. The van der Waals surface area contributed by atoms with Crippen molar-refractivity contribution < 1.29 is 18.3 Å². The van der Waals surface area contributed by atoms with Gasteiger partial charge in [-0.05, 0) is 14.1 Å². The van der Waals surface area contributed by atoms with Crippen molar-refractivity contribution in [3.8, 4) is 0 Å². The molecule has 0 spiro atoms. The fourth-order valence-corrected chi connectivity index (χ4v) is 3.33. The minimum absolute atomic E-state index is 0.306. The predicted molar refractivity (Wildman–Crippen MR) is 72.6 cm³/mol. The fraction of sp³-hybridized carbons (Fsp3) is 0.909. The third kappa shape index (κ3) is 5.85. The van der Waals surface area contributed by atoms with E-state index in [9.17, 15) is 13.2 Å². The molecule has 1 heterocycles. The van der Waals surface area contributed by atoms with E-state index >= 15 is 0 Å². The molecule has 0 bridgehead atoms. The molecular formula is C11H23N3O4S. The Morgan fingerprint density at radius 3 is 2.26 bits per heavy atom. The topological polar surface area (TPSA) is 81.2 Å². The van der Waals surface area contributed by atoms with E-state index < -0.39 is 16.0 Å². The number of hydrogen-bond donors (Lipinski definition) is 1. The number of piperazine rings is 1. The number of sulfonamides is 1. The van der Waals surface area contributed by atoms with Crippen LogP contribution in [-0.4, -0.2) is 92.7 Å². The molecule has 19 heavy (non-hydrogen) atoms. The first-order chi connectivity index (χ1) is 8.81. The van der Waals surface area contributed by atoms with Crippen LogP contribution in [-0.2, 0) is 14.8 Å². The molecule has 1 saturated heterocycles. The van der Waals surface area contributed by atoms with Crippen molar-refractivity contribution in [3.05, 3.63) is 0 Å². The van der Waals surface area contributed by atoms with E-state index in [4.69, 9.17) is 5.11 Å². The molecule has 0 aromatic rings. The van der Waals surface area contributed by atoms with Crippen molar-refractivity contribution in [2.24, 2.45) is 0 Å². The lowest BCUT2D eigenvalue weighted by atomic mass is 10.3. The Labute approximate surface area is 114 Å². The number of nitrogens with zero attached hydrogens (tertiary/aromatic N) is 3. The van der Waals surface area contributed by atoms with Gasteiger partial charge in [0.2, 0.25) is 10.0 Å². The minimum atomic E-state index is -3.42. The number of rotatable bonds is 7. The zero-order valence-electron chi connectivity index (χ0n) is 11.6. The Balaban J connectivity index is 2.38. The van der Waals surface area contributed by atoms with Crippen molar-refractivity contribution >= 4 is 16.0 Å². The lowest BCUT2D eigenvalue weighted by molar-refractivity contribution is -0.136. The average Bonchev–Trinajstić information content (AvgIpc) is 2.34. The van der Waals surface area contributed by atoms with Crippen molar-refractivity contribution in [3.63, 3.8) is 0 Å². The van der Waals surface area contributed by atoms with Gasteiger partial charge in [-0.15, -0.1) is 0 Å². The van der Waals surface area contributed by atoms with Gasteiger partial charge in [0.15, 0.2) is 0 Å². The Morgan fingerprint density at radius 1 is 1.21 bits per heavy atom. The molecule has 1 fully saturated rings. The quantitative estimate of drug-likeness (QED) is 0.646. The lowest BCUT2D eigenvalue weighted by Gasteiger charge is -2.34. The molecule has 0 aromatic heterocycles. The predicted octanol–water partition coefficient (Wildman–Crippen LogP) is -1.03. The number of carbonyl (C=O) groups is 1.